The predicted molar refractivity (Wildman–Crippen MR) is 97.9 cm³/mol. The molecular weight excluding hydrogens is 340 g/mol. The number of aliphatic carboxylic acids is 1. The van der Waals surface area contributed by atoms with E-state index in [1.54, 1.807) is 28.3 Å². The van der Waals surface area contributed by atoms with Gasteiger partial charge in [0.05, 0.1) is 5.92 Å². The Morgan fingerprint density at radius 2 is 1.46 bits per heavy atom. The average Bonchev–Trinajstić information content (AvgIpc) is 2.65. The van der Waals surface area contributed by atoms with Gasteiger partial charge in [0.25, 0.3) is 5.97 Å². The van der Waals surface area contributed by atoms with Gasteiger partial charge < -0.3 is 28.8 Å². The highest BCUT2D eigenvalue weighted by molar-refractivity contribution is 5.77. The van der Waals surface area contributed by atoms with Crippen molar-refractivity contribution >= 4 is 12.3 Å². The summed E-state index contributed by atoms with van der Waals surface area (Å²) in [6.45, 7) is 2.02. The van der Waals surface area contributed by atoms with Gasteiger partial charge in [0.2, 0.25) is 0 Å². The topological polar surface area (TPSA) is 91.3 Å². The lowest BCUT2D eigenvalue weighted by molar-refractivity contribution is -0.355. The summed E-state index contributed by atoms with van der Waals surface area (Å²) in [4.78, 5) is 22.3. The number of carboxylic acid groups (broad SMARTS) is 1. The second-order valence-electron chi connectivity index (χ2n) is 6.32. The molecule has 0 aliphatic heterocycles. The van der Waals surface area contributed by atoms with Crippen LogP contribution in [0.5, 0.6) is 0 Å². The molecule has 0 saturated heterocycles. The van der Waals surface area contributed by atoms with E-state index in [1.807, 2.05) is 0 Å². The lowest BCUT2D eigenvalue weighted by atomic mass is 9.96. The highest BCUT2D eigenvalue weighted by Crippen LogP contribution is 2.22. The first-order valence-electron chi connectivity index (χ1n) is 9.45. The number of aldehydes is 1. The minimum Gasteiger partial charge on any atom is -0.479 e. The van der Waals surface area contributed by atoms with Gasteiger partial charge in [-0.2, -0.15) is 0 Å². The van der Waals surface area contributed by atoms with Crippen LogP contribution < -0.4 is 0 Å². The third kappa shape index (κ3) is 9.62. The zero-order valence-electron chi connectivity index (χ0n) is 16.7. The fourth-order valence-electron chi connectivity index (χ4n) is 3.01. The fourth-order valence-corrected chi connectivity index (χ4v) is 3.01. The summed E-state index contributed by atoms with van der Waals surface area (Å²) < 4.78 is 20.9. The van der Waals surface area contributed by atoms with E-state index >= 15 is 0 Å². The molecule has 0 spiro atoms. The van der Waals surface area contributed by atoms with Crippen LogP contribution in [-0.2, 0) is 28.5 Å². The van der Waals surface area contributed by atoms with E-state index in [9.17, 15) is 9.59 Å². The van der Waals surface area contributed by atoms with E-state index in [4.69, 9.17) is 24.1 Å². The molecule has 0 radical (unpaired) electrons. The van der Waals surface area contributed by atoms with E-state index in [2.05, 4.69) is 0 Å². The van der Waals surface area contributed by atoms with E-state index in [1.165, 1.54) is 0 Å². The van der Waals surface area contributed by atoms with Crippen molar-refractivity contribution in [2.75, 3.05) is 27.9 Å². The van der Waals surface area contributed by atoms with Crippen LogP contribution in [0.25, 0.3) is 0 Å². The van der Waals surface area contributed by atoms with Crippen LogP contribution in [0.4, 0.5) is 0 Å². The lowest BCUT2D eigenvalue weighted by Gasteiger charge is -2.28. The van der Waals surface area contributed by atoms with E-state index in [0.29, 0.717) is 19.1 Å². The minimum absolute atomic E-state index is 0.289. The quantitative estimate of drug-likeness (QED) is 0.223. The van der Waals surface area contributed by atoms with E-state index < -0.39 is 24.0 Å². The van der Waals surface area contributed by atoms with Crippen molar-refractivity contribution in [1.82, 2.24) is 0 Å². The van der Waals surface area contributed by atoms with Crippen molar-refractivity contribution in [2.45, 2.75) is 76.8 Å². The standard InChI is InChI=1S/C19H36O7/c1-5-26-17(18(21)22)16(15-20)13-11-9-7-6-8-10-12-14-19(23-2,24-3)25-4/h15-17H,5-14H2,1-4H3,(H,21,22). The van der Waals surface area contributed by atoms with Crippen molar-refractivity contribution in [1.29, 1.82) is 0 Å². The number of ether oxygens (including phenoxy) is 4. The van der Waals surface area contributed by atoms with Gasteiger partial charge in [-0.3, -0.25) is 0 Å². The van der Waals surface area contributed by atoms with Crippen LogP contribution in [0.1, 0.15) is 64.7 Å². The van der Waals surface area contributed by atoms with E-state index in [-0.39, 0.29) is 6.61 Å². The van der Waals surface area contributed by atoms with Crippen LogP contribution >= 0.6 is 0 Å². The number of methoxy groups -OCH3 is 3. The Hall–Kier alpha value is -1.02. The molecule has 0 aliphatic carbocycles. The van der Waals surface area contributed by atoms with Gasteiger partial charge in [0.1, 0.15) is 6.29 Å². The Labute approximate surface area is 157 Å². The summed E-state index contributed by atoms with van der Waals surface area (Å²) >= 11 is 0. The van der Waals surface area contributed by atoms with Crippen molar-refractivity contribution in [3.05, 3.63) is 0 Å². The first kappa shape index (κ1) is 25.0. The van der Waals surface area contributed by atoms with Crippen LogP contribution in [0.15, 0.2) is 0 Å². The maximum atomic E-state index is 11.2. The third-order valence-electron chi connectivity index (χ3n) is 4.61. The SMILES string of the molecule is CCOC(C(=O)O)C(C=O)CCCCCCCCCC(OC)(OC)OC. The largest absolute Gasteiger partial charge is 0.479 e. The number of unbranched alkanes of at least 4 members (excludes halogenated alkanes) is 6. The van der Waals surface area contributed by atoms with E-state index in [0.717, 1.165) is 44.9 Å². The molecule has 0 aromatic carbocycles. The van der Waals surface area contributed by atoms with Gasteiger partial charge in [0.15, 0.2) is 6.10 Å². The molecule has 26 heavy (non-hydrogen) atoms. The molecule has 0 aromatic rings. The molecule has 0 amide bonds. The summed E-state index contributed by atoms with van der Waals surface area (Å²) in [5, 5.41) is 9.13. The minimum atomic E-state index is -1.07. The zero-order chi connectivity index (χ0) is 19.8. The second kappa shape index (κ2) is 15.1. The number of hydrogen-bond donors (Lipinski definition) is 1. The highest BCUT2D eigenvalue weighted by Gasteiger charge is 2.29. The summed E-state index contributed by atoms with van der Waals surface area (Å²) in [5.74, 6) is -2.58. The average molecular weight is 376 g/mol. The Kier molecular flexibility index (Phi) is 14.5. The summed E-state index contributed by atoms with van der Waals surface area (Å²) in [6.07, 6.45) is 8.06. The van der Waals surface area contributed by atoms with Crippen LogP contribution in [-0.4, -0.2) is 57.4 Å². The Balaban J connectivity index is 3.83. The lowest BCUT2D eigenvalue weighted by Crippen LogP contribution is -2.35. The highest BCUT2D eigenvalue weighted by atomic mass is 16.9. The number of carbonyl (C=O) groups excluding carboxylic acids is 1. The molecule has 7 heteroatoms. The Morgan fingerprint density at radius 1 is 0.962 bits per heavy atom. The van der Waals surface area contributed by atoms with Crippen LogP contribution in [0.3, 0.4) is 0 Å². The molecule has 2 unspecified atom stereocenters. The third-order valence-corrected chi connectivity index (χ3v) is 4.61. The Morgan fingerprint density at radius 3 is 1.88 bits per heavy atom. The summed E-state index contributed by atoms with van der Waals surface area (Å²) in [7, 11) is 4.71. The fraction of sp³-hybridized carbons (Fsp3) is 0.895. The number of hydrogen-bond acceptors (Lipinski definition) is 6. The van der Waals surface area contributed by atoms with Gasteiger partial charge in [-0.05, 0) is 19.8 Å². The van der Waals surface area contributed by atoms with Crippen molar-refractivity contribution in [3.8, 4) is 0 Å². The first-order valence-corrected chi connectivity index (χ1v) is 9.45. The molecule has 1 N–H and O–H groups in total. The van der Waals surface area contributed by atoms with Crippen molar-refractivity contribution in [2.24, 2.45) is 5.92 Å². The van der Waals surface area contributed by atoms with Gasteiger partial charge in [-0.15, -0.1) is 0 Å². The normalized spacial score (nSPS) is 14.2. The van der Waals surface area contributed by atoms with Gasteiger partial charge in [-0.25, -0.2) is 4.79 Å². The molecule has 0 aliphatic rings. The molecule has 0 heterocycles. The first-order chi connectivity index (χ1) is 12.5. The molecule has 0 bridgehead atoms. The number of carbonyl (C=O) groups is 2. The van der Waals surface area contributed by atoms with Gasteiger partial charge in [0, 0.05) is 34.4 Å². The van der Waals surface area contributed by atoms with Gasteiger partial charge in [-0.1, -0.05) is 38.5 Å². The van der Waals surface area contributed by atoms with Crippen LogP contribution in [0, 0.1) is 5.92 Å². The zero-order valence-corrected chi connectivity index (χ0v) is 16.7. The molecule has 2 atom stereocenters. The second-order valence-corrected chi connectivity index (χ2v) is 6.32. The smallest absolute Gasteiger partial charge is 0.333 e. The molecule has 0 rings (SSSR count). The molecular formula is C19H36O7. The maximum absolute atomic E-state index is 11.2. The number of carboxylic acids is 1. The predicted octanol–water partition coefficient (Wildman–Crippen LogP) is 3.40. The Bertz CT molecular complexity index is 361. The maximum Gasteiger partial charge on any atom is 0.333 e. The summed E-state index contributed by atoms with van der Waals surface area (Å²) in [6, 6.07) is 0. The van der Waals surface area contributed by atoms with Gasteiger partial charge >= 0.3 is 5.97 Å². The molecule has 0 fully saturated rings. The molecule has 154 valence electrons. The van der Waals surface area contributed by atoms with Crippen molar-refractivity contribution in [3.63, 3.8) is 0 Å². The monoisotopic (exact) mass is 376 g/mol. The molecule has 0 saturated carbocycles. The summed E-state index contributed by atoms with van der Waals surface area (Å²) in [5.41, 5.74) is 0. The molecule has 0 aromatic heterocycles. The molecule has 7 nitrogen and oxygen atoms in total. The van der Waals surface area contributed by atoms with Crippen LogP contribution in [0.2, 0.25) is 0 Å². The van der Waals surface area contributed by atoms with Crippen molar-refractivity contribution < 1.29 is 33.6 Å². The number of rotatable bonds is 18.